The summed E-state index contributed by atoms with van der Waals surface area (Å²) in [4.78, 5) is 15.8. The van der Waals surface area contributed by atoms with Crippen LogP contribution in [0.25, 0.3) is 23.0 Å². The number of ether oxygens (including phenoxy) is 1. The fraction of sp³-hybridized carbons (Fsp3) is 0.286. The van der Waals surface area contributed by atoms with Gasteiger partial charge in [0.15, 0.2) is 0 Å². The van der Waals surface area contributed by atoms with Crippen LogP contribution in [0.5, 0.6) is 5.75 Å². The summed E-state index contributed by atoms with van der Waals surface area (Å²) in [5.74, 6) is 0.774. The average molecular weight is 596 g/mol. The van der Waals surface area contributed by atoms with Crippen LogP contribution >= 0.6 is 24.0 Å². The Morgan fingerprint density at radius 1 is 0.905 bits per heavy atom. The molecule has 1 saturated heterocycles. The number of aryl methyl sites for hydroxylation is 1. The number of para-hydroxylation sites is 1. The van der Waals surface area contributed by atoms with Crippen molar-refractivity contribution in [2.45, 2.75) is 59.0 Å². The van der Waals surface area contributed by atoms with Gasteiger partial charge in [0.2, 0.25) is 0 Å². The van der Waals surface area contributed by atoms with Gasteiger partial charge in [-0.1, -0.05) is 111 Å². The lowest BCUT2D eigenvalue weighted by Crippen LogP contribution is -2.29. The van der Waals surface area contributed by atoms with Crippen molar-refractivity contribution >= 4 is 40.3 Å². The van der Waals surface area contributed by atoms with Crippen LogP contribution in [0.2, 0.25) is 0 Å². The summed E-state index contributed by atoms with van der Waals surface area (Å²) in [7, 11) is 0. The van der Waals surface area contributed by atoms with E-state index in [-0.39, 0.29) is 5.91 Å². The number of thioether (sulfide) groups is 1. The molecule has 5 nitrogen and oxygen atoms in total. The van der Waals surface area contributed by atoms with Crippen LogP contribution in [0.1, 0.15) is 62.1 Å². The Morgan fingerprint density at radius 3 is 2.36 bits per heavy atom. The summed E-state index contributed by atoms with van der Waals surface area (Å²) >= 11 is 6.99. The van der Waals surface area contributed by atoms with E-state index in [0.29, 0.717) is 22.4 Å². The van der Waals surface area contributed by atoms with Gasteiger partial charge in [0.1, 0.15) is 16.7 Å². The molecule has 2 heterocycles. The molecule has 42 heavy (non-hydrogen) atoms. The molecule has 0 atom stereocenters. The van der Waals surface area contributed by atoms with Gasteiger partial charge < -0.3 is 4.74 Å². The van der Waals surface area contributed by atoms with Gasteiger partial charge in [0, 0.05) is 23.9 Å². The van der Waals surface area contributed by atoms with E-state index in [1.807, 2.05) is 71.6 Å². The molecule has 0 radical (unpaired) electrons. The van der Waals surface area contributed by atoms with Crippen molar-refractivity contribution in [3.63, 3.8) is 0 Å². The predicted octanol–water partition coefficient (Wildman–Crippen LogP) is 8.99. The van der Waals surface area contributed by atoms with Gasteiger partial charge in [-0.25, -0.2) is 4.68 Å². The van der Waals surface area contributed by atoms with Crippen molar-refractivity contribution in [1.82, 2.24) is 14.7 Å². The Morgan fingerprint density at radius 2 is 1.62 bits per heavy atom. The Kier molecular flexibility index (Phi) is 10.3. The summed E-state index contributed by atoms with van der Waals surface area (Å²) < 4.78 is 8.52. The van der Waals surface area contributed by atoms with Crippen LogP contribution in [0.3, 0.4) is 0 Å². The largest absolute Gasteiger partial charge is 0.489 e. The van der Waals surface area contributed by atoms with Crippen LogP contribution in [-0.2, 0) is 11.4 Å². The van der Waals surface area contributed by atoms with E-state index in [1.54, 1.807) is 4.90 Å². The number of unbranched alkanes of at least 4 members (excludes halogenated alkanes) is 5. The van der Waals surface area contributed by atoms with E-state index in [9.17, 15) is 4.79 Å². The zero-order valence-corrected chi connectivity index (χ0v) is 25.9. The summed E-state index contributed by atoms with van der Waals surface area (Å²) in [5.41, 5.74) is 5.92. The molecule has 0 aliphatic carbocycles. The predicted molar refractivity (Wildman–Crippen MR) is 178 cm³/mol. The quantitative estimate of drug-likeness (QED) is 0.0877. The van der Waals surface area contributed by atoms with Crippen molar-refractivity contribution in [2.24, 2.45) is 0 Å². The van der Waals surface area contributed by atoms with E-state index in [2.05, 4.69) is 38.1 Å². The molecule has 4 aromatic rings. The molecule has 216 valence electrons. The number of hydrogen-bond donors (Lipinski definition) is 0. The first-order valence-electron chi connectivity index (χ1n) is 14.7. The standard InChI is InChI=1S/C35H37N3O2S2/c1-3-4-5-6-7-11-22-37-34(39)32(42-35(37)41)23-29-24-38(30-12-9-8-10-13-30)36-33(29)28-18-20-31(21-19-28)40-25-27-16-14-26(2)15-17-27/h8-10,12-21,23-24H,3-7,11,22,25H2,1-2H3/b32-23-. The number of thiocarbonyl (C=S) groups is 1. The number of aromatic nitrogens is 2. The number of carbonyl (C=O) groups is 1. The zero-order valence-electron chi connectivity index (χ0n) is 24.3. The molecule has 0 spiro atoms. The highest BCUT2D eigenvalue weighted by atomic mass is 32.2. The first-order chi connectivity index (χ1) is 20.5. The van der Waals surface area contributed by atoms with Crippen LogP contribution in [0.15, 0.2) is 90.0 Å². The maximum Gasteiger partial charge on any atom is 0.266 e. The van der Waals surface area contributed by atoms with Crippen LogP contribution in [-0.4, -0.2) is 31.5 Å². The van der Waals surface area contributed by atoms with Crippen molar-refractivity contribution in [3.05, 3.63) is 107 Å². The van der Waals surface area contributed by atoms with Gasteiger partial charge in [-0.05, 0) is 61.4 Å². The molecule has 1 amide bonds. The fourth-order valence-electron chi connectivity index (χ4n) is 4.87. The topological polar surface area (TPSA) is 47.4 Å². The summed E-state index contributed by atoms with van der Waals surface area (Å²) in [6, 6.07) is 26.3. The number of hydrogen-bond acceptors (Lipinski definition) is 5. The van der Waals surface area contributed by atoms with Gasteiger partial charge in [0.05, 0.1) is 16.3 Å². The first kappa shape index (κ1) is 29.8. The Labute approximate surface area is 258 Å². The minimum Gasteiger partial charge on any atom is -0.489 e. The summed E-state index contributed by atoms with van der Waals surface area (Å²) in [6.45, 7) is 5.48. The second-order valence-electron chi connectivity index (χ2n) is 10.6. The minimum atomic E-state index is -0.0168. The van der Waals surface area contributed by atoms with Crippen LogP contribution < -0.4 is 4.74 Å². The number of amides is 1. The lowest BCUT2D eigenvalue weighted by molar-refractivity contribution is -0.122. The number of rotatable bonds is 13. The Hall–Kier alpha value is -3.68. The van der Waals surface area contributed by atoms with Crippen LogP contribution in [0.4, 0.5) is 0 Å². The third-order valence-electron chi connectivity index (χ3n) is 7.31. The molecule has 3 aromatic carbocycles. The molecule has 0 N–H and O–H groups in total. The molecule has 1 fully saturated rings. The van der Waals surface area contributed by atoms with Crippen molar-refractivity contribution in [2.75, 3.05) is 6.54 Å². The van der Waals surface area contributed by atoms with E-state index in [4.69, 9.17) is 22.1 Å². The Balaban J connectivity index is 1.35. The molecule has 1 aliphatic heterocycles. The van der Waals surface area contributed by atoms with Gasteiger partial charge in [-0.3, -0.25) is 9.69 Å². The molecule has 1 aliphatic rings. The smallest absolute Gasteiger partial charge is 0.266 e. The summed E-state index contributed by atoms with van der Waals surface area (Å²) in [5, 5.41) is 4.94. The SMILES string of the molecule is CCCCCCCCN1C(=O)/C(=C/c2cn(-c3ccccc3)nc2-c2ccc(OCc3ccc(C)cc3)cc2)SC1=S. The first-order valence-corrected chi connectivity index (χ1v) is 15.9. The monoisotopic (exact) mass is 595 g/mol. The maximum atomic E-state index is 13.4. The molecule has 1 aromatic heterocycles. The second-order valence-corrected chi connectivity index (χ2v) is 12.3. The normalized spacial score (nSPS) is 14.2. The molecular weight excluding hydrogens is 559 g/mol. The third-order valence-corrected chi connectivity index (χ3v) is 8.69. The van der Waals surface area contributed by atoms with Gasteiger partial charge in [-0.15, -0.1) is 0 Å². The third kappa shape index (κ3) is 7.58. The average Bonchev–Trinajstić information content (AvgIpc) is 3.55. The number of nitrogens with zero attached hydrogens (tertiary/aromatic N) is 3. The molecule has 5 rings (SSSR count). The molecular formula is C35H37N3O2S2. The number of carbonyl (C=O) groups excluding carboxylic acids is 1. The van der Waals surface area contributed by atoms with Crippen molar-refractivity contribution in [1.29, 1.82) is 0 Å². The van der Waals surface area contributed by atoms with E-state index in [1.165, 1.54) is 43.0 Å². The van der Waals surface area contributed by atoms with Crippen molar-refractivity contribution < 1.29 is 9.53 Å². The molecule has 0 bridgehead atoms. The minimum absolute atomic E-state index is 0.0168. The van der Waals surface area contributed by atoms with E-state index >= 15 is 0 Å². The Bertz CT molecular complexity index is 1530. The highest BCUT2D eigenvalue weighted by Gasteiger charge is 2.32. The van der Waals surface area contributed by atoms with E-state index in [0.717, 1.165) is 46.7 Å². The maximum absolute atomic E-state index is 13.4. The highest BCUT2D eigenvalue weighted by Crippen LogP contribution is 2.35. The second kappa shape index (κ2) is 14.5. The van der Waals surface area contributed by atoms with E-state index < -0.39 is 0 Å². The van der Waals surface area contributed by atoms with Gasteiger partial charge in [-0.2, -0.15) is 5.10 Å². The van der Waals surface area contributed by atoms with Crippen LogP contribution in [0, 0.1) is 6.92 Å². The lowest BCUT2D eigenvalue weighted by atomic mass is 10.1. The van der Waals surface area contributed by atoms with Gasteiger partial charge in [0.25, 0.3) is 5.91 Å². The highest BCUT2D eigenvalue weighted by molar-refractivity contribution is 8.26. The zero-order chi connectivity index (χ0) is 29.3. The van der Waals surface area contributed by atoms with Gasteiger partial charge >= 0.3 is 0 Å². The molecule has 7 heteroatoms. The molecule has 0 saturated carbocycles. The fourth-order valence-corrected chi connectivity index (χ4v) is 6.17. The molecule has 0 unspecified atom stereocenters. The van der Waals surface area contributed by atoms with Crippen molar-refractivity contribution in [3.8, 4) is 22.7 Å². The lowest BCUT2D eigenvalue weighted by Gasteiger charge is -2.14. The summed E-state index contributed by atoms with van der Waals surface area (Å²) in [6.07, 6.45) is 11.0. The number of benzene rings is 3.